The van der Waals surface area contributed by atoms with Gasteiger partial charge < -0.3 is 19.7 Å². The van der Waals surface area contributed by atoms with Gasteiger partial charge in [0.25, 0.3) is 5.91 Å². The molecular weight excluding hydrogens is 384 g/mol. The topological polar surface area (TPSA) is 84.9 Å². The summed E-state index contributed by atoms with van der Waals surface area (Å²) in [5.41, 5.74) is 0. The van der Waals surface area contributed by atoms with Crippen LogP contribution in [-0.2, 0) is 19.1 Å². The fourth-order valence-corrected chi connectivity index (χ4v) is 2.82. The Morgan fingerprint density at radius 3 is 2.54 bits per heavy atom. The van der Waals surface area contributed by atoms with Gasteiger partial charge in [-0.15, -0.1) is 0 Å². The van der Waals surface area contributed by atoms with Crippen LogP contribution in [0.4, 0.5) is 0 Å². The molecule has 8 heteroatoms. The van der Waals surface area contributed by atoms with Crippen LogP contribution < -0.4 is 10.1 Å². The van der Waals surface area contributed by atoms with Crippen molar-refractivity contribution in [2.45, 2.75) is 18.9 Å². The highest BCUT2D eigenvalue weighted by Crippen LogP contribution is 2.31. The summed E-state index contributed by atoms with van der Waals surface area (Å²) >= 11 is 6.16. The Morgan fingerprint density at radius 2 is 1.82 bits per heavy atom. The summed E-state index contributed by atoms with van der Waals surface area (Å²) in [7, 11) is 1.49. The first-order valence-corrected chi connectivity index (χ1v) is 9.31. The number of amides is 2. The van der Waals surface area contributed by atoms with E-state index in [4.69, 9.17) is 21.1 Å². The number of benzene rings is 2. The molecule has 0 spiro atoms. The van der Waals surface area contributed by atoms with Gasteiger partial charge in [0, 0.05) is 28.9 Å². The van der Waals surface area contributed by atoms with E-state index in [9.17, 15) is 14.4 Å². The number of hydrogen-bond acceptors (Lipinski definition) is 5. The van der Waals surface area contributed by atoms with Gasteiger partial charge in [0.2, 0.25) is 5.91 Å². The summed E-state index contributed by atoms with van der Waals surface area (Å²) in [5, 5.41) is 4.97. The Bertz CT molecular complexity index is 897. The van der Waals surface area contributed by atoms with Crippen molar-refractivity contribution in [3.8, 4) is 5.75 Å². The fourth-order valence-electron chi connectivity index (χ4n) is 2.60. The summed E-state index contributed by atoms with van der Waals surface area (Å²) in [6.07, 6.45) is 1.95. The van der Waals surface area contributed by atoms with Gasteiger partial charge in [-0.25, -0.2) is 4.79 Å². The van der Waals surface area contributed by atoms with E-state index in [0.717, 1.165) is 23.6 Å². The third-order valence-corrected chi connectivity index (χ3v) is 4.61. The van der Waals surface area contributed by atoms with Gasteiger partial charge in [-0.2, -0.15) is 0 Å². The molecule has 0 bridgehead atoms. The second-order valence-corrected chi connectivity index (χ2v) is 7.04. The number of likely N-dealkylation sites (N-methyl/N-ethyl adjacent to an activating group) is 1. The lowest BCUT2D eigenvalue weighted by molar-refractivity contribution is -0.153. The molecule has 0 atom stereocenters. The number of esters is 1. The summed E-state index contributed by atoms with van der Waals surface area (Å²) in [6, 6.07) is 11.0. The average Bonchev–Trinajstić information content (AvgIpc) is 3.49. The van der Waals surface area contributed by atoms with Crippen molar-refractivity contribution < 1.29 is 23.9 Å². The van der Waals surface area contributed by atoms with Crippen molar-refractivity contribution >= 4 is 40.2 Å². The highest BCUT2D eigenvalue weighted by molar-refractivity contribution is 6.35. The van der Waals surface area contributed by atoms with Crippen molar-refractivity contribution in [1.29, 1.82) is 0 Å². The number of nitrogens with zero attached hydrogens (tertiary/aromatic N) is 1. The van der Waals surface area contributed by atoms with Gasteiger partial charge in [0.1, 0.15) is 5.75 Å². The van der Waals surface area contributed by atoms with Gasteiger partial charge in [-0.05, 0) is 25.0 Å². The van der Waals surface area contributed by atoms with Crippen molar-refractivity contribution in [2.75, 3.05) is 26.8 Å². The molecule has 1 saturated carbocycles. The van der Waals surface area contributed by atoms with Crippen LogP contribution in [0.5, 0.6) is 5.75 Å². The first-order valence-electron chi connectivity index (χ1n) is 8.93. The van der Waals surface area contributed by atoms with Crippen LogP contribution in [-0.4, -0.2) is 55.5 Å². The lowest BCUT2D eigenvalue weighted by atomic mass is 10.1. The fraction of sp³-hybridized carbons (Fsp3) is 0.350. The predicted octanol–water partition coefficient (Wildman–Crippen LogP) is 2.15. The monoisotopic (exact) mass is 404 g/mol. The molecule has 0 aliphatic heterocycles. The van der Waals surface area contributed by atoms with Crippen molar-refractivity contribution in [1.82, 2.24) is 10.2 Å². The molecule has 1 N–H and O–H groups in total. The minimum absolute atomic E-state index is 0.0693. The molecule has 0 heterocycles. The average molecular weight is 405 g/mol. The molecule has 3 rings (SSSR count). The van der Waals surface area contributed by atoms with E-state index < -0.39 is 18.5 Å². The zero-order chi connectivity index (χ0) is 20.1. The van der Waals surface area contributed by atoms with E-state index in [0.29, 0.717) is 10.8 Å². The van der Waals surface area contributed by atoms with Gasteiger partial charge in [0.15, 0.2) is 13.2 Å². The number of rotatable bonds is 8. The van der Waals surface area contributed by atoms with E-state index in [2.05, 4.69) is 5.32 Å². The lowest BCUT2D eigenvalue weighted by Crippen LogP contribution is -2.40. The number of fused-ring (bicyclic) bond motifs is 1. The third kappa shape index (κ3) is 5.36. The molecule has 2 aromatic rings. The van der Waals surface area contributed by atoms with Gasteiger partial charge >= 0.3 is 5.97 Å². The molecule has 0 saturated heterocycles. The Labute approximate surface area is 167 Å². The van der Waals surface area contributed by atoms with Crippen LogP contribution in [0.15, 0.2) is 36.4 Å². The number of halogens is 1. The van der Waals surface area contributed by atoms with Crippen LogP contribution in [0.25, 0.3) is 10.8 Å². The molecule has 28 heavy (non-hydrogen) atoms. The van der Waals surface area contributed by atoms with Crippen molar-refractivity contribution in [3.05, 3.63) is 41.4 Å². The first kappa shape index (κ1) is 19.9. The quantitative estimate of drug-likeness (QED) is 0.681. The van der Waals surface area contributed by atoms with E-state index in [1.165, 1.54) is 11.9 Å². The molecule has 148 valence electrons. The van der Waals surface area contributed by atoms with Crippen LogP contribution in [0.2, 0.25) is 5.02 Å². The summed E-state index contributed by atoms with van der Waals surface area (Å²) in [5.74, 6) is -0.862. The number of carbonyl (C=O) groups is 3. The zero-order valence-corrected chi connectivity index (χ0v) is 16.2. The zero-order valence-electron chi connectivity index (χ0n) is 15.4. The van der Waals surface area contributed by atoms with Gasteiger partial charge in [-0.3, -0.25) is 9.59 Å². The standard InChI is InChI=1S/C20H21ClN2O5/c1-23(10-18(24)22-13-6-7-13)19(25)11-28-20(26)12-27-17-9-8-16(21)14-4-2-3-5-15(14)17/h2-5,8-9,13H,6-7,10-12H2,1H3,(H,22,24). The lowest BCUT2D eigenvalue weighted by Gasteiger charge is -2.16. The van der Waals surface area contributed by atoms with Crippen molar-refractivity contribution in [3.63, 3.8) is 0 Å². The summed E-state index contributed by atoms with van der Waals surface area (Å²) in [4.78, 5) is 36.8. The van der Waals surface area contributed by atoms with E-state index in [1.807, 2.05) is 24.3 Å². The van der Waals surface area contributed by atoms with Crippen LogP contribution in [0.3, 0.4) is 0 Å². The van der Waals surface area contributed by atoms with Crippen LogP contribution in [0.1, 0.15) is 12.8 Å². The highest BCUT2D eigenvalue weighted by Gasteiger charge is 2.24. The predicted molar refractivity (Wildman–Crippen MR) is 104 cm³/mol. The van der Waals surface area contributed by atoms with Gasteiger partial charge in [0.05, 0.1) is 6.54 Å². The normalized spacial score (nSPS) is 13.1. The van der Waals surface area contributed by atoms with Gasteiger partial charge in [-0.1, -0.05) is 35.9 Å². The van der Waals surface area contributed by atoms with E-state index in [-0.39, 0.29) is 25.1 Å². The Kier molecular flexibility index (Phi) is 6.36. The smallest absolute Gasteiger partial charge is 0.344 e. The molecule has 7 nitrogen and oxygen atoms in total. The molecule has 1 fully saturated rings. The number of hydrogen-bond donors (Lipinski definition) is 1. The highest BCUT2D eigenvalue weighted by atomic mass is 35.5. The largest absolute Gasteiger partial charge is 0.481 e. The Balaban J connectivity index is 1.45. The Hall–Kier alpha value is -2.80. The second-order valence-electron chi connectivity index (χ2n) is 6.63. The molecule has 1 aliphatic carbocycles. The minimum Gasteiger partial charge on any atom is -0.481 e. The SMILES string of the molecule is CN(CC(=O)NC1CC1)C(=O)COC(=O)COc1ccc(Cl)c2ccccc12. The molecule has 0 aromatic heterocycles. The summed E-state index contributed by atoms with van der Waals surface area (Å²) in [6.45, 7) is -0.859. The number of carbonyl (C=O) groups excluding carboxylic acids is 3. The molecular formula is C20H21ClN2O5. The van der Waals surface area contributed by atoms with Crippen molar-refractivity contribution in [2.24, 2.45) is 0 Å². The number of ether oxygens (including phenoxy) is 2. The molecule has 0 radical (unpaired) electrons. The first-order chi connectivity index (χ1) is 13.4. The minimum atomic E-state index is -0.678. The maximum Gasteiger partial charge on any atom is 0.344 e. The maximum atomic E-state index is 12.0. The van der Waals surface area contributed by atoms with Crippen LogP contribution >= 0.6 is 11.6 Å². The molecule has 2 amide bonds. The van der Waals surface area contributed by atoms with E-state index in [1.54, 1.807) is 12.1 Å². The molecule has 1 aliphatic rings. The third-order valence-electron chi connectivity index (χ3n) is 4.28. The summed E-state index contributed by atoms with van der Waals surface area (Å²) < 4.78 is 10.5. The maximum absolute atomic E-state index is 12.0. The number of nitrogens with one attached hydrogen (secondary N) is 1. The van der Waals surface area contributed by atoms with Crippen LogP contribution in [0, 0.1) is 0 Å². The molecule has 2 aromatic carbocycles. The molecule has 0 unspecified atom stereocenters. The van der Waals surface area contributed by atoms with E-state index >= 15 is 0 Å². The second kappa shape index (κ2) is 8.93. The Morgan fingerprint density at radius 1 is 1.11 bits per heavy atom.